The highest BCUT2D eigenvalue weighted by atomic mass is 79.9. The van der Waals surface area contributed by atoms with E-state index in [1.54, 1.807) is 37.0 Å². The molecule has 0 aliphatic carbocycles. The van der Waals surface area contributed by atoms with Crippen LogP contribution in [-0.2, 0) is 23.6 Å². The zero-order valence-electron chi connectivity index (χ0n) is 11.1. The topological polar surface area (TPSA) is 90.0 Å². The molecule has 0 atom stereocenters. The predicted octanol–water partition coefficient (Wildman–Crippen LogP) is 1.55. The van der Waals surface area contributed by atoms with Gasteiger partial charge < -0.3 is 5.73 Å². The Balaban J connectivity index is 2.27. The zero-order valence-corrected chi connectivity index (χ0v) is 13.5. The van der Waals surface area contributed by atoms with Crippen LogP contribution in [0.5, 0.6) is 0 Å². The second-order valence-corrected chi connectivity index (χ2v) is 7.00. The van der Waals surface area contributed by atoms with Crippen LogP contribution in [0, 0.1) is 6.92 Å². The molecule has 0 aliphatic heterocycles. The minimum Gasteiger partial charge on any atom is -0.398 e. The molecule has 0 saturated carbocycles. The number of halogens is 1. The number of anilines is 1. The molecule has 108 valence electrons. The van der Waals surface area contributed by atoms with Gasteiger partial charge in [0.1, 0.15) is 0 Å². The van der Waals surface area contributed by atoms with Crippen LogP contribution in [0.3, 0.4) is 0 Å². The van der Waals surface area contributed by atoms with E-state index >= 15 is 0 Å². The lowest BCUT2D eigenvalue weighted by molar-refractivity contribution is 0.576. The largest absolute Gasteiger partial charge is 0.398 e. The third-order valence-corrected chi connectivity index (χ3v) is 5.18. The van der Waals surface area contributed by atoms with Gasteiger partial charge in [0.15, 0.2) is 0 Å². The summed E-state index contributed by atoms with van der Waals surface area (Å²) in [7, 11) is -1.86. The average Bonchev–Trinajstić information content (AvgIpc) is 2.77. The lowest BCUT2D eigenvalue weighted by Crippen LogP contribution is -2.25. The number of nitrogens with one attached hydrogen (secondary N) is 1. The molecule has 1 heterocycles. The van der Waals surface area contributed by atoms with E-state index in [-0.39, 0.29) is 11.4 Å². The van der Waals surface area contributed by atoms with Crippen LogP contribution < -0.4 is 10.5 Å². The van der Waals surface area contributed by atoms with E-state index in [1.807, 2.05) is 0 Å². The summed E-state index contributed by atoms with van der Waals surface area (Å²) in [6.07, 6.45) is 1.62. The summed E-state index contributed by atoms with van der Waals surface area (Å²) in [6.45, 7) is 1.90. The van der Waals surface area contributed by atoms with E-state index in [4.69, 9.17) is 5.73 Å². The second kappa shape index (κ2) is 5.55. The lowest BCUT2D eigenvalue weighted by Gasteiger charge is -2.11. The van der Waals surface area contributed by atoms with Gasteiger partial charge >= 0.3 is 0 Å². The standard InChI is InChI=1S/C12H15BrN4O2S/c1-8-5-10(13)11(14)6-12(8)20(18,19)16-7-9-3-4-15-17(9)2/h3-6,16H,7,14H2,1-2H3. The maximum atomic E-state index is 12.3. The Morgan fingerprint density at radius 2 is 2.15 bits per heavy atom. The molecule has 6 nitrogen and oxygen atoms in total. The average molecular weight is 359 g/mol. The molecule has 1 aromatic carbocycles. The quantitative estimate of drug-likeness (QED) is 0.811. The fraction of sp³-hybridized carbons (Fsp3) is 0.250. The predicted molar refractivity (Wildman–Crippen MR) is 80.5 cm³/mol. The van der Waals surface area contributed by atoms with Crippen molar-refractivity contribution in [2.24, 2.45) is 7.05 Å². The molecule has 0 bridgehead atoms. The van der Waals surface area contributed by atoms with Gasteiger partial charge in [-0.25, -0.2) is 13.1 Å². The molecule has 0 radical (unpaired) electrons. The van der Waals surface area contributed by atoms with Crippen LogP contribution in [0.15, 0.2) is 33.8 Å². The van der Waals surface area contributed by atoms with Gasteiger partial charge in [0.25, 0.3) is 0 Å². The summed E-state index contributed by atoms with van der Waals surface area (Å²) in [5, 5.41) is 3.99. The molecule has 0 amide bonds. The molecule has 0 aliphatic rings. The van der Waals surface area contributed by atoms with Gasteiger partial charge in [0.05, 0.1) is 17.1 Å². The molecule has 0 fully saturated rings. The highest BCUT2D eigenvalue weighted by Gasteiger charge is 2.18. The van der Waals surface area contributed by atoms with Gasteiger partial charge in [0, 0.05) is 23.4 Å². The summed E-state index contributed by atoms with van der Waals surface area (Å²) >= 11 is 3.28. The van der Waals surface area contributed by atoms with Crippen LogP contribution in [0.1, 0.15) is 11.3 Å². The first-order valence-corrected chi connectivity index (χ1v) is 8.11. The number of benzene rings is 1. The first-order valence-electron chi connectivity index (χ1n) is 5.83. The number of aromatic nitrogens is 2. The van der Waals surface area contributed by atoms with E-state index in [0.29, 0.717) is 15.7 Å². The highest BCUT2D eigenvalue weighted by molar-refractivity contribution is 9.10. The summed E-state index contributed by atoms with van der Waals surface area (Å²) in [5.41, 5.74) is 7.54. The van der Waals surface area contributed by atoms with Gasteiger partial charge in [-0.05, 0) is 46.6 Å². The van der Waals surface area contributed by atoms with Gasteiger partial charge in [-0.2, -0.15) is 5.10 Å². The van der Waals surface area contributed by atoms with Gasteiger partial charge in [-0.15, -0.1) is 0 Å². The van der Waals surface area contributed by atoms with Crippen molar-refractivity contribution in [1.29, 1.82) is 0 Å². The smallest absolute Gasteiger partial charge is 0.241 e. The number of sulfonamides is 1. The van der Waals surface area contributed by atoms with Crippen LogP contribution in [0.4, 0.5) is 5.69 Å². The van der Waals surface area contributed by atoms with Crippen LogP contribution in [-0.4, -0.2) is 18.2 Å². The van der Waals surface area contributed by atoms with E-state index in [1.165, 1.54) is 6.07 Å². The lowest BCUT2D eigenvalue weighted by atomic mass is 10.2. The Morgan fingerprint density at radius 1 is 1.45 bits per heavy atom. The highest BCUT2D eigenvalue weighted by Crippen LogP contribution is 2.26. The Bertz CT molecular complexity index is 740. The van der Waals surface area contributed by atoms with Gasteiger partial charge in [-0.3, -0.25) is 4.68 Å². The summed E-state index contributed by atoms with van der Waals surface area (Å²) in [6, 6.07) is 4.89. The third-order valence-electron chi connectivity index (χ3n) is 2.95. The Kier molecular flexibility index (Phi) is 4.17. The SMILES string of the molecule is Cc1cc(Br)c(N)cc1S(=O)(=O)NCc1ccnn1C. The number of hydrogen-bond acceptors (Lipinski definition) is 4. The van der Waals surface area contributed by atoms with Gasteiger partial charge in [-0.1, -0.05) is 0 Å². The number of nitrogens with two attached hydrogens (primary N) is 1. The van der Waals surface area contributed by atoms with Crippen molar-refractivity contribution in [3.8, 4) is 0 Å². The van der Waals surface area contributed by atoms with Crippen molar-refractivity contribution in [3.63, 3.8) is 0 Å². The monoisotopic (exact) mass is 358 g/mol. The summed E-state index contributed by atoms with van der Waals surface area (Å²) in [5.74, 6) is 0. The van der Waals surface area contributed by atoms with Crippen LogP contribution in [0.2, 0.25) is 0 Å². The number of rotatable bonds is 4. The molecule has 3 N–H and O–H groups in total. The van der Waals surface area contributed by atoms with E-state index in [0.717, 1.165) is 5.69 Å². The van der Waals surface area contributed by atoms with Crippen molar-refractivity contribution in [2.75, 3.05) is 5.73 Å². The molecule has 2 rings (SSSR count). The minimum atomic E-state index is -3.61. The zero-order chi connectivity index (χ0) is 14.9. The van der Waals surface area contributed by atoms with Crippen molar-refractivity contribution in [3.05, 3.63) is 40.1 Å². The number of aryl methyl sites for hydroxylation is 2. The Morgan fingerprint density at radius 3 is 2.75 bits per heavy atom. The molecular weight excluding hydrogens is 344 g/mol. The Labute approximate surface area is 126 Å². The number of hydrogen-bond donors (Lipinski definition) is 2. The first-order chi connectivity index (χ1) is 9.31. The maximum absolute atomic E-state index is 12.3. The van der Waals surface area contributed by atoms with Crippen molar-refractivity contribution in [1.82, 2.24) is 14.5 Å². The molecule has 1 aromatic heterocycles. The third kappa shape index (κ3) is 3.02. The van der Waals surface area contributed by atoms with Crippen molar-refractivity contribution in [2.45, 2.75) is 18.4 Å². The van der Waals surface area contributed by atoms with E-state index in [9.17, 15) is 8.42 Å². The number of nitrogens with zero attached hydrogens (tertiary/aromatic N) is 2. The number of nitrogen functional groups attached to an aromatic ring is 1. The molecule has 2 aromatic rings. The fourth-order valence-electron chi connectivity index (χ4n) is 1.78. The Hall–Kier alpha value is -1.38. The summed E-state index contributed by atoms with van der Waals surface area (Å²) < 4.78 is 29.5. The van der Waals surface area contributed by atoms with Crippen molar-refractivity contribution < 1.29 is 8.42 Å². The minimum absolute atomic E-state index is 0.175. The molecule has 8 heteroatoms. The fourth-order valence-corrected chi connectivity index (χ4v) is 3.50. The molecule has 20 heavy (non-hydrogen) atoms. The van der Waals surface area contributed by atoms with Crippen LogP contribution >= 0.6 is 15.9 Å². The molecule has 0 spiro atoms. The van der Waals surface area contributed by atoms with Gasteiger partial charge in [0.2, 0.25) is 10.0 Å². The molecule has 0 saturated heterocycles. The normalized spacial score (nSPS) is 11.8. The molecule has 0 unspecified atom stereocenters. The first kappa shape index (κ1) is 15.0. The second-order valence-electron chi connectivity index (χ2n) is 4.41. The van der Waals surface area contributed by atoms with E-state index < -0.39 is 10.0 Å². The van der Waals surface area contributed by atoms with E-state index in [2.05, 4.69) is 25.8 Å². The van der Waals surface area contributed by atoms with Crippen LogP contribution in [0.25, 0.3) is 0 Å². The summed E-state index contributed by atoms with van der Waals surface area (Å²) in [4.78, 5) is 0.181. The molecular formula is C12H15BrN4O2S. The van der Waals surface area contributed by atoms with Crippen molar-refractivity contribution >= 4 is 31.6 Å². The maximum Gasteiger partial charge on any atom is 0.241 e.